The second-order valence-electron chi connectivity index (χ2n) is 2.81. The summed E-state index contributed by atoms with van der Waals surface area (Å²) in [7, 11) is 0. The summed E-state index contributed by atoms with van der Waals surface area (Å²) >= 11 is 0. The minimum atomic E-state index is -0.847. The highest BCUT2D eigenvalue weighted by atomic mass is 16.5. The summed E-state index contributed by atoms with van der Waals surface area (Å²) in [5.74, 6) is -1.45. The van der Waals surface area contributed by atoms with E-state index in [1.165, 1.54) is 6.08 Å². The number of aromatic nitrogens is 1. The fourth-order valence-corrected chi connectivity index (χ4v) is 0.954. The third kappa shape index (κ3) is 3.72. The monoisotopic (exact) mass is 205 g/mol. The molecule has 1 aromatic heterocycles. The van der Waals surface area contributed by atoms with Gasteiger partial charge in [0.15, 0.2) is 0 Å². The van der Waals surface area contributed by atoms with Gasteiger partial charge in [0.2, 0.25) is 5.78 Å². The van der Waals surface area contributed by atoms with Crippen LogP contribution in [0.2, 0.25) is 0 Å². The van der Waals surface area contributed by atoms with E-state index in [2.05, 4.69) is 16.3 Å². The maximum absolute atomic E-state index is 11.3. The second kappa shape index (κ2) is 5.70. The molecular weight excluding hydrogens is 194 g/mol. The first-order valence-electron chi connectivity index (χ1n) is 4.45. The fourth-order valence-electron chi connectivity index (χ4n) is 0.954. The molecule has 1 rings (SSSR count). The molecule has 4 nitrogen and oxygen atoms in total. The number of nitrogens with zero attached hydrogens (tertiary/aromatic N) is 1. The van der Waals surface area contributed by atoms with Crippen LogP contribution in [-0.2, 0) is 20.7 Å². The quantitative estimate of drug-likeness (QED) is 0.407. The highest BCUT2D eigenvalue weighted by Crippen LogP contribution is 1.96. The van der Waals surface area contributed by atoms with Gasteiger partial charge in [-0.15, -0.1) is 0 Å². The zero-order chi connectivity index (χ0) is 11.1. The van der Waals surface area contributed by atoms with Crippen molar-refractivity contribution >= 4 is 11.8 Å². The van der Waals surface area contributed by atoms with E-state index in [0.717, 1.165) is 0 Å². The van der Waals surface area contributed by atoms with Gasteiger partial charge in [0, 0.05) is 11.9 Å². The molecule has 0 radical (unpaired) electrons. The van der Waals surface area contributed by atoms with Crippen molar-refractivity contribution in [3.8, 4) is 0 Å². The Labute approximate surface area is 87.6 Å². The number of ether oxygens (including phenoxy) is 1. The van der Waals surface area contributed by atoms with E-state index in [4.69, 9.17) is 0 Å². The summed E-state index contributed by atoms with van der Waals surface area (Å²) in [6.45, 7) is 3.42. The van der Waals surface area contributed by atoms with E-state index >= 15 is 0 Å². The van der Waals surface area contributed by atoms with Crippen molar-refractivity contribution in [3.63, 3.8) is 0 Å². The van der Waals surface area contributed by atoms with Crippen LogP contribution in [0.25, 0.3) is 0 Å². The lowest BCUT2D eigenvalue weighted by Gasteiger charge is -2.00. The van der Waals surface area contributed by atoms with E-state index in [9.17, 15) is 9.59 Å². The molecule has 1 aromatic rings. The number of esters is 1. The lowest BCUT2D eigenvalue weighted by atomic mass is 10.2. The molecule has 78 valence electrons. The number of pyridine rings is 1. The average molecular weight is 205 g/mol. The summed E-state index contributed by atoms with van der Waals surface area (Å²) in [5, 5.41) is 0. The molecule has 0 aromatic carbocycles. The van der Waals surface area contributed by atoms with Gasteiger partial charge in [-0.3, -0.25) is 9.78 Å². The minimum absolute atomic E-state index is 0.0309. The van der Waals surface area contributed by atoms with Crippen molar-refractivity contribution in [2.24, 2.45) is 0 Å². The van der Waals surface area contributed by atoms with E-state index in [1.54, 1.807) is 24.4 Å². The minimum Gasteiger partial charge on any atom is -0.456 e. The molecule has 1 heterocycles. The number of ketones is 1. The molecule has 0 fully saturated rings. The Balaban J connectivity index is 2.49. The molecule has 0 unspecified atom stereocenters. The lowest BCUT2D eigenvalue weighted by molar-refractivity contribution is -0.152. The SMILES string of the molecule is C=CCOC(=O)C(=O)Cc1ccccn1. The van der Waals surface area contributed by atoms with Gasteiger partial charge >= 0.3 is 5.97 Å². The Morgan fingerprint density at radius 2 is 2.27 bits per heavy atom. The van der Waals surface area contributed by atoms with Crippen molar-refractivity contribution in [1.29, 1.82) is 0 Å². The standard InChI is InChI=1S/C11H11NO3/c1-2-7-15-11(14)10(13)8-9-5-3-4-6-12-9/h2-6H,1,7-8H2. The molecule has 0 aliphatic rings. The first kappa shape index (κ1) is 11.1. The van der Waals surface area contributed by atoms with Crippen molar-refractivity contribution in [3.05, 3.63) is 42.7 Å². The van der Waals surface area contributed by atoms with E-state index in [1.807, 2.05) is 0 Å². The zero-order valence-corrected chi connectivity index (χ0v) is 8.18. The van der Waals surface area contributed by atoms with Gasteiger partial charge in [-0.25, -0.2) is 4.79 Å². The number of carbonyl (C=O) groups excluding carboxylic acids is 2. The van der Waals surface area contributed by atoms with Crippen molar-refractivity contribution < 1.29 is 14.3 Å². The lowest BCUT2D eigenvalue weighted by Crippen LogP contribution is -2.19. The Hall–Kier alpha value is -1.97. The Kier molecular flexibility index (Phi) is 4.22. The predicted molar refractivity (Wildman–Crippen MR) is 54.1 cm³/mol. The topological polar surface area (TPSA) is 56.3 Å². The van der Waals surface area contributed by atoms with Crippen LogP contribution >= 0.6 is 0 Å². The van der Waals surface area contributed by atoms with Crippen LogP contribution in [0.4, 0.5) is 0 Å². The average Bonchev–Trinajstić information content (AvgIpc) is 2.27. The number of hydrogen-bond donors (Lipinski definition) is 0. The normalized spacial score (nSPS) is 9.33. The van der Waals surface area contributed by atoms with Crippen molar-refractivity contribution in [2.75, 3.05) is 6.61 Å². The first-order valence-corrected chi connectivity index (χ1v) is 4.45. The predicted octanol–water partition coefficient (Wildman–Crippen LogP) is 0.922. The van der Waals surface area contributed by atoms with Crippen molar-refractivity contribution in [2.45, 2.75) is 6.42 Å². The number of carbonyl (C=O) groups is 2. The van der Waals surface area contributed by atoms with Crippen LogP contribution in [0, 0.1) is 0 Å². The highest BCUT2D eigenvalue weighted by Gasteiger charge is 2.15. The summed E-state index contributed by atoms with van der Waals surface area (Å²) in [5.41, 5.74) is 0.554. The van der Waals surface area contributed by atoms with Crippen LogP contribution in [0.3, 0.4) is 0 Å². The third-order valence-electron chi connectivity index (χ3n) is 1.63. The maximum Gasteiger partial charge on any atom is 0.375 e. The highest BCUT2D eigenvalue weighted by molar-refractivity contribution is 6.34. The summed E-state index contributed by atoms with van der Waals surface area (Å²) < 4.78 is 4.59. The molecule has 0 spiro atoms. The number of hydrogen-bond acceptors (Lipinski definition) is 4. The van der Waals surface area contributed by atoms with Crippen LogP contribution in [0.5, 0.6) is 0 Å². The van der Waals surface area contributed by atoms with Crippen LogP contribution < -0.4 is 0 Å². The third-order valence-corrected chi connectivity index (χ3v) is 1.63. The van der Waals surface area contributed by atoms with E-state index in [0.29, 0.717) is 5.69 Å². The van der Waals surface area contributed by atoms with Gasteiger partial charge in [-0.05, 0) is 12.1 Å². The van der Waals surface area contributed by atoms with Gasteiger partial charge in [-0.2, -0.15) is 0 Å². The molecule has 0 saturated heterocycles. The molecule has 0 atom stereocenters. The second-order valence-corrected chi connectivity index (χ2v) is 2.81. The number of Topliss-reactive ketones (excluding diaryl/α,β-unsaturated/α-hetero) is 1. The molecule has 0 N–H and O–H groups in total. The molecule has 0 amide bonds. The molecule has 0 aliphatic heterocycles. The summed E-state index contributed by atoms with van der Waals surface area (Å²) in [6, 6.07) is 5.17. The Bertz CT molecular complexity index is 359. The molecule has 0 aliphatic carbocycles. The Morgan fingerprint density at radius 3 is 2.87 bits per heavy atom. The smallest absolute Gasteiger partial charge is 0.375 e. The van der Waals surface area contributed by atoms with Gasteiger partial charge in [-0.1, -0.05) is 18.7 Å². The van der Waals surface area contributed by atoms with Gasteiger partial charge < -0.3 is 4.74 Å². The Morgan fingerprint density at radius 1 is 1.47 bits per heavy atom. The van der Waals surface area contributed by atoms with Gasteiger partial charge in [0.05, 0.1) is 6.42 Å². The zero-order valence-electron chi connectivity index (χ0n) is 8.18. The molecule has 0 bridgehead atoms. The van der Waals surface area contributed by atoms with Gasteiger partial charge in [0.25, 0.3) is 0 Å². The van der Waals surface area contributed by atoms with Crippen molar-refractivity contribution in [1.82, 2.24) is 4.98 Å². The summed E-state index contributed by atoms with van der Waals surface area (Å²) in [4.78, 5) is 26.3. The summed E-state index contributed by atoms with van der Waals surface area (Å²) in [6.07, 6.45) is 2.94. The fraction of sp³-hybridized carbons (Fsp3) is 0.182. The van der Waals surface area contributed by atoms with E-state index < -0.39 is 11.8 Å². The molecular formula is C11H11NO3. The molecule has 15 heavy (non-hydrogen) atoms. The van der Waals surface area contributed by atoms with Crippen LogP contribution in [0.15, 0.2) is 37.1 Å². The van der Waals surface area contributed by atoms with Crippen LogP contribution in [-0.4, -0.2) is 23.3 Å². The maximum atomic E-state index is 11.3. The largest absolute Gasteiger partial charge is 0.456 e. The molecule has 4 heteroatoms. The van der Waals surface area contributed by atoms with Crippen LogP contribution in [0.1, 0.15) is 5.69 Å². The van der Waals surface area contributed by atoms with Gasteiger partial charge in [0.1, 0.15) is 6.61 Å². The number of rotatable bonds is 5. The van der Waals surface area contributed by atoms with E-state index in [-0.39, 0.29) is 13.0 Å². The first-order chi connectivity index (χ1) is 7.24. The molecule has 0 saturated carbocycles.